The fourth-order valence-corrected chi connectivity index (χ4v) is 3.07. The van der Waals surface area contributed by atoms with Crippen LogP contribution in [0.5, 0.6) is 0 Å². The summed E-state index contributed by atoms with van der Waals surface area (Å²) in [5.41, 5.74) is 0. The third kappa shape index (κ3) is 3.74. The average Bonchev–Trinajstić information content (AvgIpc) is 2.27. The van der Waals surface area contributed by atoms with Gasteiger partial charge >= 0.3 is 0 Å². The lowest BCUT2D eigenvalue weighted by Crippen LogP contribution is -2.46. The van der Waals surface area contributed by atoms with E-state index < -0.39 is 0 Å². The summed E-state index contributed by atoms with van der Waals surface area (Å²) in [6, 6.07) is 0.750. The van der Waals surface area contributed by atoms with E-state index in [4.69, 9.17) is 4.74 Å². The largest absolute Gasteiger partial charge is 0.378 e. The molecule has 2 heteroatoms. The first kappa shape index (κ1) is 12.4. The third-order valence-electron chi connectivity index (χ3n) is 4.21. The maximum Gasteiger partial charge on any atom is 0.0604 e. The van der Waals surface area contributed by atoms with Crippen molar-refractivity contribution in [3.8, 4) is 0 Å². The molecule has 16 heavy (non-hydrogen) atoms. The van der Waals surface area contributed by atoms with E-state index in [-0.39, 0.29) is 0 Å². The van der Waals surface area contributed by atoms with Crippen molar-refractivity contribution in [3.05, 3.63) is 0 Å². The lowest BCUT2D eigenvalue weighted by Gasteiger charge is -2.36. The van der Waals surface area contributed by atoms with Gasteiger partial charge in [0.15, 0.2) is 0 Å². The van der Waals surface area contributed by atoms with Gasteiger partial charge in [-0.05, 0) is 38.6 Å². The number of nitrogens with one attached hydrogen (secondary N) is 1. The van der Waals surface area contributed by atoms with E-state index >= 15 is 0 Å². The fraction of sp³-hybridized carbons (Fsp3) is 1.00. The number of hydrogen-bond donors (Lipinski definition) is 1. The molecule has 0 unspecified atom stereocenters. The molecule has 2 rings (SSSR count). The highest BCUT2D eigenvalue weighted by Crippen LogP contribution is 2.27. The van der Waals surface area contributed by atoms with Crippen molar-refractivity contribution < 1.29 is 4.74 Å². The molecule has 0 heterocycles. The third-order valence-corrected chi connectivity index (χ3v) is 4.21. The molecular weight excluding hydrogens is 198 g/mol. The Hall–Kier alpha value is -0.0800. The van der Waals surface area contributed by atoms with Crippen molar-refractivity contribution in [3.63, 3.8) is 0 Å². The average molecular weight is 225 g/mol. The Labute approximate surface area is 100 Å². The van der Waals surface area contributed by atoms with E-state index in [0.717, 1.165) is 18.6 Å². The van der Waals surface area contributed by atoms with Crippen LogP contribution < -0.4 is 5.32 Å². The molecule has 94 valence electrons. The van der Waals surface area contributed by atoms with Crippen molar-refractivity contribution in [1.29, 1.82) is 0 Å². The first-order valence-corrected chi connectivity index (χ1v) is 7.23. The Morgan fingerprint density at radius 3 is 2.56 bits per heavy atom. The predicted octanol–water partition coefficient (Wildman–Crippen LogP) is 3.11. The summed E-state index contributed by atoms with van der Waals surface area (Å²) in [7, 11) is 0. The lowest BCUT2D eigenvalue weighted by molar-refractivity contribution is -0.0100. The summed E-state index contributed by atoms with van der Waals surface area (Å²) in [6.07, 6.45) is 11.8. The van der Waals surface area contributed by atoms with Gasteiger partial charge in [0.05, 0.1) is 6.10 Å². The Bertz CT molecular complexity index is 183. The van der Waals surface area contributed by atoms with Crippen LogP contribution in [0.25, 0.3) is 0 Å². The molecule has 0 aliphatic heterocycles. The van der Waals surface area contributed by atoms with E-state index in [2.05, 4.69) is 12.2 Å². The second kappa shape index (κ2) is 6.61. The highest BCUT2D eigenvalue weighted by Gasteiger charge is 2.28. The standard InChI is InChI=1S/C14H27NO/c1-2-16-14-10-13(11-14)15-9-8-12-6-4-3-5-7-12/h12-15H,2-11H2,1H3. The molecule has 0 amide bonds. The molecule has 0 aromatic heterocycles. The SMILES string of the molecule is CCOC1CC(NCCC2CCCCC2)C1. The zero-order chi connectivity index (χ0) is 11.2. The van der Waals surface area contributed by atoms with Crippen LogP contribution in [0.3, 0.4) is 0 Å². The zero-order valence-corrected chi connectivity index (χ0v) is 10.7. The van der Waals surface area contributed by atoms with Crippen LogP contribution in [0.15, 0.2) is 0 Å². The smallest absolute Gasteiger partial charge is 0.0604 e. The summed E-state index contributed by atoms with van der Waals surface area (Å²) in [5, 5.41) is 3.67. The van der Waals surface area contributed by atoms with Crippen molar-refractivity contribution in [2.75, 3.05) is 13.2 Å². The zero-order valence-electron chi connectivity index (χ0n) is 10.7. The van der Waals surface area contributed by atoms with Gasteiger partial charge < -0.3 is 10.1 Å². The van der Waals surface area contributed by atoms with E-state index in [0.29, 0.717) is 6.10 Å². The quantitative estimate of drug-likeness (QED) is 0.750. The van der Waals surface area contributed by atoms with Crippen LogP contribution in [-0.2, 0) is 4.74 Å². The number of rotatable bonds is 6. The van der Waals surface area contributed by atoms with E-state index in [1.54, 1.807) is 0 Å². The number of ether oxygens (including phenoxy) is 1. The van der Waals surface area contributed by atoms with Gasteiger partial charge in [-0.2, -0.15) is 0 Å². The van der Waals surface area contributed by atoms with Gasteiger partial charge in [0, 0.05) is 12.6 Å². The molecule has 2 aliphatic carbocycles. The Morgan fingerprint density at radius 1 is 1.12 bits per heavy atom. The van der Waals surface area contributed by atoms with Crippen molar-refractivity contribution >= 4 is 0 Å². The summed E-state index contributed by atoms with van der Waals surface area (Å²) >= 11 is 0. The monoisotopic (exact) mass is 225 g/mol. The van der Waals surface area contributed by atoms with Crippen LogP contribution in [0, 0.1) is 5.92 Å². The van der Waals surface area contributed by atoms with Crippen LogP contribution in [0.2, 0.25) is 0 Å². The molecular formula is C14H27NO. The van der Waals surface area contributed by atoms with Crippen molar-refractivity contribution in [2.24, 2.45) is 5.92 Å². The van der Waals surface area contributed by atoms with Gasteiger partial charge in [-0.1, -0.05) is 32.1 Å². The number of hydrogen-bond acceptors (Lipinski definition) is 2. The summed E-state index contributed by atoms with van der Waals surface area (Å²) in [6.45, 7) is 4.19. The van der Waals surface area contributed by atoms with E-state index in [9.17, 15) is 0 Å². The Kier molecular flexibility index (Phi) is 5.11. The van der Waals surface area contributed by atoms with Crippen molar-refractivity contribution in [1.82, 2.24) is 5.32 Å². The minimum absolute atomic E-state index is 0.553. The second-order valence-electron chi connectivity index (χ2n) is 5.49. The van der Waals surface area contributed by atoms with Crippen LogP contribution in [-0.4, -0.2) is 25.3 Å². The van der Waals surface area contributed by atoms with Gasteiger partial charge in [-0.15, -0.1) is 0 Å². The fourth-order valence-electron chi connectivity index (χ4n) is 3.07. The maximum atomic E-state index is 5.56. The molecule has 0 aromatic carbocycles. The van der Waals surface area contributed by atoms with E-state index in [1.807, 2.05) is 0 Å². The maximum absolute atomic E-state index is 5.56. The van der Waals surface area contributed by atoms with Crippen molar-refractivity contribution in [2.45, 2.75) is 70.4 Å². The molecule has 2 aliphatic rings. The van der Waals surface area contributed by atoms with Gasteiger partial charge in [0.1, 0.15) is 0 Å². The Morgan fingerprint density at radius 2 is 1.88 bits per heavy atom. The molecule has 0 saturated heterocycles. The predicted molar refractivity (Wildman–Crippen MR) is 67.6 cm³/mol. The van der Waals surface area contributed by atoms with Gasteiger partial charge in [-0.25, -0.2) is 0 Å². The topological polar surface area (TPSA) is 21.3 Å². The highest BCUT2D eigenvalue weighted by atomic mass is 16.5. The van der Waals surface area contributed by atoms with Gasteiger partial charge in [-0.3, -0.25) is 0 Å². The minimum atomic E-state index is 0.553. The Balaban J connectivity index is 1.46. The van der Waals surface area contributed by atoms with Gasteiger partial charge in [0.25, 0.3) is 0 Å². The first-order chi connectivity index (χ1) is 7.88. The lowest BCUT2D eigenvalue weighted by atomic mass is 9.86. The van der Waals surface area contributed by atoms with Gasteiger partial charge in [0.2, 0.25) is 0 Å². The van der Waals surface area contributed by atoms with Crippen LogP contribution in [0.1, 0.15) is 58.3 Å². The molecule has 0 radical (unpaired) electrons. The second-order valence-corrected chi connectivity index (χ2v) is 5.49. The normalized spacial score (nSPS) is 31.3. The molecule has 0 atom stereocenters. The molecule has 2 fully saturated rings. The molecule has 1 N–H and O–H groups in total. The molecule has 2 nitrogen and oxygen atoms in total. The first-order valence-electron chi connectivity index (χ1n) is 7.23. The molecule has 0 aromatic rings. The van der Waals surface area contributed by atoms with Crippen LogP contribution >= 0.6 is 0 Å². The molecule has 0 spiro atoms. The minimum Gasteiger partial charge on any atom is -0.378 e. The summed E-state index contributed by atoms with van der Waals surface area (Å²) in [5.74, 6) is 1.02. The molecule has 0 bridgehead atoms. The summed E-state index contributed by atoms with van der Waals surface area (Å²) < 4.78 is 5.56. The summed E-state index contributed by atoms with van der Waals surface area (Å²) in [4.78, 5) is 0. The van der Waals surface area contributed by atoms with E-state index in [1.165, 1.54) is 57.9 Å². The highest BCUT2D eigenvalue weighted by molar-refractivity contribution is 4.86. The van der Waals surface area contributed by atoms with Crippen LogP contribution in [0.4, 0.5) is 0 Å². The molecule has 2 saturated carbocycles.